The highest BCUT2D eigenvalue weighted by Gasteiger charge is 2.40. The van der Waals surface area contributed by atoms with Gasteiger partial charge in [-0.1, -0.05) is 57.6 Å². The molecular formula is C23H40O4. The second kappa shape index (κ2) is 11.7. The minimum Gasteiger partial charge on any atom is -0.488 e. The molecule has 156 valence electrons. The number of methoxy groups -OCH3 is 3. The summed E-state index contributed by atoms with van der Waals surface area (Å²) >= 11 is 0. The van der Waals surface area contributed by atoms with Gasteiger partial charge in [-0.2, -0.15) is 0 Å². The van der Waals surface area contributed by atoms with E-state index in [1.807, 2.05) is 32.9 Å². The van der Waals surface area contributed by atoms with E-state index < -0.39 is 5.97 Å². The summed E-state index contributed by atoms with van der Waals surface area (Å²) in [6.07, 6.45) is 8.45. The summed E-state index contributed by atoms with van der Waals surface area (Å²) in [5.41, 5.74) is 0.921. The maximum absolute atomic E-state index is 5.94. The van der Waals surface area contributed by atoms with Gasteiger partial charge in [-0.15, -0.1) is 0 Å². The lowest BCUT2D eigenvalue weighted by atomic mass is 9.90. The lowest BCUT2D eigenvalue weighted by molar-refractivity contribution is -0.365. The van der Waals surface area contributed by atoms with Crippen LogP contribution in [0.25, 0.3) is 0 Å². The van der Waals surface area contributed by atoms with Crippen LogP contribution < -0.4 is 4.74 Å². The Labute approximate surface area is 166 Å². The number of rotatable bonds is 13. The minimum absolute atomic E-state index is 0.00707. The van der Waals surface area contributed by atoms with Gasteiger partial charge in [0, 0.05) is 21.3 Å². The molecule has 1 aromatic rings. The lowest BCUT2D eigenvalue weighted by Gasteiger charge is -2.37. The molecule has 4 heteroatoms. The summed E-state index contributed by atoms with van der Waals surface area (Å²) < 4.78 is 23.0. The molecule has 0 spiro atoms. The maximum atomic E-state index is 5.94. The predicted octanol–water partition coefficient (Wildman–Crippen LogP) is 6.29. The largest absolute Gasteiger partial charge is 0.488 e. The van der Waals surface area contributed by atoms with E-state index in [0.29, 0.717) is 0 Å². The molecule has 0 fully saturated rings. The molecule has 0 saturated heterocycles. The summed E-state index contributed by atoms with van der Waals surface area (Å²) in [5, 5.41) is 0. The highest BCUT2D eigenvalue weighted by molar-refractivity contribution is 5.30. The van der Waals surface area contributed by atoms with Crippen molar-refractivity contribution in [1.29, 1.82) is 0 Å². The first-order valence-electron chi connectivity index (χ1n) is 10.3. The summed E-state index contributed by atoms with van der Waals surface area (Å²) in [7, 11) is 4.91. The predicted molar refractivity (Wildman–Crippen MR) is 111 cm³/mol. The van der Waals surface area contributed by atoms with E-state index in [0.717, 1.165) is 24.2 Å². The number of benzene rings is 1. The van der Waals surface area contributed by atoms with Gasteiger partial charge >= 0.3 is 0 Å². The molecule has 0 aliphatic carbocycles. The Bertz CT molecular complexity index is 492. The van der Waals surface area contributed by atoms with Crippen LogP contribution in [-0.2, 0) is 14.2 Å². The van der Waals surface area contributed by atoms with Crippen LogP contribution >= 0.6 is 0 Å². The van der Waals surface area contributed by atoms with Gasteiger partial charge < -0.3 is 18.9 Å². The van der Waals surface area contributed by atoms with Crippen molar-refractivity contribution in [3.63, 3.8) is 0 Å². The summed E-state index contributed by atoms with van der Waals surface area (Å²) in [4.78, 5) is 0. The zero-order valence-electron chi connectivity index (χ0n) is 18.5. The molecule has 1 aromatic carbocycles. The third-order valence-corrected chi connectivity index (χ3v) is 4.83. The fraction of sp³-hybridized carbons (Fsp3) is 0.739. The molecular weight excluding hydrogens is 340 g/mol. The van der Waals surface area contributed by atoms with Crippen molar-refractivity contribution in [3.8, 4) is 5.75 Å². The highest BCUT2D eigenvalue weighted by Crippen LogP contribution is 2.38. The van der Waals surface area contributed by atoms with Gasteiger partial charge in [0.05, 0.1) is 5.92 Å². The molecule has 0 aromatic heterocycles. The minimum atomic E-state index is -1.07. The molecule has 0 aliphatic rings. The Morgan fingerprint density at radius 1 is 0.778 bits per heavy atom. The van der Waals surface area contributed by atoms with E-state index in [1.54, 1.807) is 21.3 Å². The number of hydrogen-bond acceptors (Lipinski definition) is 4. The molecule has 1 unspecified atom stereocenters. The van der Waals surface area contributed by atoms with Crippen molar-refractivity contribution in [1.82, 2.24) is 0 Å². The van der Waals surface area contributed by atoms with Crippen LogP contribution in [0.5, 0.6) is 5.75 Å². The standard InChI is InChI=1S/C23H40O4/c1-8-9-10-11-12-13-14-21(23(24-5,25-6)26-7)19-15-17-20(18-16-19)27-22(2,3)4/h15-18,21H,8-14H2,1-7H3. The summed E-state index contributed by atoms with van der Waals surface area (Å²) in [6.45, 7) is 8.39. The molecule has 0 N–H and O–H groups in total. The Hall–Kier alpha value is -1.10. The molecule has 27 heavy (non-hydrogen) atoms. The van der Waals surface area contributed by atoms with Crippen LogP contribution in [0.1, 0.15) is 84.1 Å². The van der Waals surface area contributed by atoms with Crippen LogP contribution in [0.3, 0.4) is 0 Å². The second-order valence-corrected chi connectivity index (χ2v) is 8.11. The molecule has 1 atom stereocenters. The van der Waals surface area contributed by atoms with Crippen molar-refractivity contribution >= 4 is 0 Å². The Balaban J connectivity index is 2.90. The zero-order chi connectivity index (χ0) is 20.3. The first kappa shape index (κ1) is 23.9. The molecule has 0 aliphatic heterocycles. The van der Waals surface area contributed by atoms with Gasteiger partial charge in [0.2, 0.25) is 0 Å². The van der Waals surface area contributed by atoms with Crippen molar-refractivity contribution in [2.24, 2.45) is 0 Å². The lowest BCUT2D eigenvalue weighted by Crippen LogP contribution is -2.42. The third kappa shape index (κ3) is 7.81. The number of ether oxygens (including phenoxy) is 4. The molecule has 0 bridgehead atoms. The van der Waals surface area contributed by atoms with Gasteiger partial charge in [0.1, 0.15) is 11.4 Å². The van der Waals surface area contributed by atoms with Crippen molar-refractivity contribution in [3.05, 3.63) is 29.8 Å². The Morgan fingerprint density at radius 3 is 1.78 bits per heavy atom. The van der Waals surface area contributed by atoms with Gasteiger partial charge in [0.15, 0.2) is 0 Å². The van der Waals surface area contributed by atoms with Crippen molar-refractivity contribution in [2.75, 3.05) is 21.3 Å². The topological polar surface area (TPSA) is 36.9 Å². The van der Waals surface area contributed by atoms with Crippen LogP contribution in [-0.4, -0.2) is 32.9 Å². The Kier molecular flexibility index (Phi) is 10.4. The zero-order valence-corrected chi connectivity index (χ0v) is 18.5. The average molecular weight is 381 g/mol. The monoisotopic (exact) mass is 380 g/mol. The fourth-order valence-electron chi connectivity index (χ4n) is 3.47. The van der Waals surface area contributed by atoms with E-state index in [9.17, 15) is 0 Å². The molecule has 4 nitrogen and oxygen atoms in total. The van der Waals surface area contributed by atoms with Crippen LogP contribution in [0.4, 0.5) is 0 Å². The molecule has 0 heterocycles. The third-order valence-electron chi connectivity index (χ3n) is 4.83. The highest BCUT2D eigenvalue weighted by atomic mass is 16.9. The van der Waals surface area contributed by atoms with Gasteiger partial charge in [-0.25, -0.2) is 0 Å². The smallest absolute Gasteiger partial charge is 0.289 e. The molecule has 0 amide bonds. The van der Waals surface area contributed by atoms with Gasteiger partial charge in [-0.05, 0) is 44.9 Å². The molecule has 0 saturated carbocycles. The Morgan fingerprint density at radius 2 is 1.30 bits per heavy atom. The fourth-order valence-corrected chi connectivity index (χ4v) is 3.47. The van der Waals surface area contributed by atoms with E-state index in [1.165, 1.54) is 32.1 Å². The summed E-state index contributed by atoms with van der Waals surface area (Å²) in [6, 6.07) is 8.21. The van der Waals surface area contributed by atoms with E-state index in [2.05, 4.69) is 19.1 Å². The molecule has 1 rings (SSSR count). The quantitative estimate of drug-likeness (QED) is 0.298. The number of hydrogen-bond donors (Lipinski definition) is 0. The van der Waals surface area contributed by atoms with Gasteiger partial charge in [-0.3, -0.25) is 0 Å². The molecule has 0 radical (unpaired) electrons. The van der Waals surface area contributed by atoms with Crippen LogP contribution in [0, 0.1) is 0 Å². The first-order chi connectivity index (χ1) is 12.8. The first-order valence-corrected chi connectivity index (χ1v) is 10.3. The number of unbranched alkanes of at least 4 members (excludes halogenated alkanes) is 5. The van der Waals surface area contributed by atoms with Crippen LogP contribution in [0.15, 0.2) is 24.3 Å². The maximum Gasteiger partial charge on any atom is 0.289 e. The normalized spacial score (nSPS) is 13.6. The van der Waals surface area contributed by atoms with E-state index >= 15 is 0 Å². The van der Waals surface area contributed by atoms with Crippen molar-refractivity contribution in [2.45, 2.75) is 90.1 Å². The van der Waals surface area contributed by atoms with E-state index in [4.69, 9.17) is 18.9 Å². The summed E-state index contributed by atoms with van der Waals surface area (Å²) in [5.74, 6) is -0.217. The van der Waals surface area contributed by atoms with E-state index in [-0.39, 0.29) is 11.5 Å². The average Bonchev–Trinajstić information content (AvgIpc) is 2.64. The second-order valence-electron chi connectivity index (χ2n) is 8.11. The van der Waals surface area contributed by atoms with Crippen molar-refractivity contribution < 1.29 is 18.9 Å². The SMILES string of the molecule is CCCCCCCCC(c1ccc(OC(C)(C)C)cc1)C(OC)(OC)OC. The van der Waals surface area contributed by atoms with Gasteiger partial charge in [0.25, 0.3) is 5.97 Å². The van der Waals surface area contributed by atoms with Crippen LogP contribution in [0.2, 0.25) is 0 Å².